The topological polar surface area (TPSA) is 67.8 Å². The van der Waals surface area contributed by atoms with E-state index in [1.54, 1.807) is 11.8 Å². The van der Waals surface area contributed by atoms with Crippen LogP contribution in [0.2, 0.25) is 0 Å². The lowest BCUT2D eigenvalue weighted by Crippen LogP contribution is -2.33. The van der Waals surface area contributed by atoms with Crippen molar-refractivity contribution >= 4 is 17.7 Å². The van der Waals surface area contributed by atoms with Crippen molar-refractivity contribution in [2.24, 2.45) is 0 Å². The van der Waals surface area contributed by atoms with Gasteiger partial charge in [0.1, 0.15) is 30.8 Å². The van der Waals surface area contributed by atoms with Gasteiger partial charge in [-0.05, 0) is 42.2 Å². The fourth-order valence-electron chi connectivity index (χ4n) is 3.32. The fourth-order valence-corrected chi connectivity index (χ4v) is 4.58. The van der Waals surface area contributed by atoms with Gasteiger partial charge in [0.2, 0.25) is 0 Å². The Morgan fingerprint density at radius 3 is 2.64 bits per heavy atom. The van der Waals surface area contributed by atoms with Crippen LogP contribution in [0.1, 0.15) is 41.8 Å². The van der Waals surface area contributed by atoms with Gasteiger partial charge < -0.3 is 14.6 Å². The van der Waals surface area contributed by atoms with E-state index < -0.39 is 12.0 Å². The number of rotatable bonds is 8. The Labute approximate surface area is 170 Å². The summed E-state index contributed by atoms with van der Waals surface area (Å²) in [5, 5.41) is 12.2. The summed E-state index contributed by atoms with van der Waals surface area (Å²) in [6, 6.07) is 13.4. The van der Waals surface area contributed by atoms with Crippen LogP contribution in [0.15, 0.2) is 42.5 Å². The Balaban J connectivity index is 1.54. The zero-order chi connectivity index (χ0) is 20.1. The van der Waals surface area contributed by atoms with Gasteiger partial charge in [-0.3, -0.25) is 10.1 Å². The molecule has 2 N–H and O–H groups in total. The molecule has 0 bridgehead atoms. The van der Waals surface area contributed by atoms with Crippen molar-refractivity contribution in [3.8, 4) is 11.5 Å². The molecular weight excluding hydrogens is 374 g/mol. The molecule has 0 amide bonds. The predicted molar refractivity (Wildman–Crippen MR) is 112 cm³/mol. The molecule has 2 atom stereocenters. The van der Waals surface area contributed by atoms with Crippen molar-refractivity contribution in [2.45, 2.75) is 38.1 Å². The Bertz CT molecular complexity index is 824. The molecule has 0 radical (unpaired) electrons. The number of aliphatic carboxylic acids is 1. The molecular formula is C22H27NO4S. The first-order valence-corrected chi connectivity index (χ1v) is 10.6. The maximum atomic E-state index is 11.2. The van der Waals surface area contributed by atoms with Crippen molar-refractivity contribution in [3.05, 3.63) is 59.2 Å². The van der Waals surface area contributed by atoms with Gasteiger partial charge in [-0.15, -0.1) is 11.8 Å². The quantitative estimate of drug-likeness (QED) is 0.641. The first-order valence-electron chi connectivity index (χ1n) is 9.51. The Morgan fingerprint density at radius 2 is 1.96 bits per heavy atom. The van der Waals surface area contributed by atoms with Crippen LogP contribution in [-0.4, -0.2) is 36.1 Å². The lowest BCUT2D eigenvalue weighted by atomic mass is 9.98. The lowest BCUT2D eigenvalue weighted by molar-refractivity contribution is -0.138. The number of thioether (sulfide) groups is 1. The standard InChI is InChI=1S/C22H27NO4S/c1-14(2)17-9-8-16(12-15(17)3)26-10-11-27-20-7-5-4-6-18(20)21-23-19(13-28-21)22(24)25/h4-9,12,14,19,21,23H,10-11,13H2,1-3H3,(H,24,25). The molecule has 1 saturated heterocycles. The maximum absolute atomic E-state index is 11.2. The first-order chi connectivity index (χ1) is 13.5. The van der Waals surface area contributed by atoms with Gasteiger partial charge in [-0.25, -0.2) is 0 Å². The molecule has 2 unspecified atom stereocenters. The molecule has 0 spiro atoms. The second-order valence-corrected chi connectivity index (χ2v) is 8.32. The molecule has 0 saturated carbocycles. The lowest BCUT2D eigenvalue weighted by Gasteiger charge is -2.17. The Kier molecular flexibility index (Phi) is 6.86. The average Bonchev–Trinajstić information content (AvgIpc) is 3.16. The Morgan fingerprint density at radius 1 is 1.21 bits per heavy atom. The largest absolute Gasteiger partial charge is 0.490 e. The molecule has 5 nitrogen and oxygen atoms in total. The monoisotopic (exact) mass is 401 g/mol. The second-order valence-electron chi connectivity index (χ2n) is 7.18. The molecule has 0 aliphatic carbocycles. The van der Waals surface area contributed by atoms with Crippen LogP contribution in [-0.2, 0) is 4.79 Å². The molecule has 2 aromatic carbocycles. The third kappa shape index (κ3) is 5.00. The molecule has 0 aromatic heterocycles. The second kappa shape index (κ2) is 9.34. The number of benzene rings is 2. The molecule has 3 rings (SSSR count). The van der Waals surface area contributed by atoms with E-state index in [1.165, 1.54) is 11.1 Å². The summed E-state index contributed by atoms with van der Waals surface area (Å²) >= 11 is 1.58. The van der Waals surface area contributed by atoms with Gasteiger partial charge in [0.05, 0.1) is 5.37 Å². The SMILES string of the molecule is Cc1cc(OCCOc2ccccc2C2NC(C(=O)O)CS2)ccc1C(C)C. The number of ether oxygens (including phenoxy) is 2. The highest BCUT2D eigenvalue weighted by Gasteiger charge is 2.31. The predicted octanol–water partition coefficient (Wildman–Crippen LogP) is 4.36. The van der Waals surface area contributed by atoms with E-state index in [9.17, 15) is 9.90 Å². The number of carboxylic acids is 1. The summed E-state index contributed by atoms with van der Waals surface area (Å²) in [5.74, 6) is 1.82. The van der Waals surface area contributed by atoms with E-state index in [2.05, 4.69) is 38.2 Å². The van der Waals surface area contributed by atoms with Crippen LogP contribution in [0, 0.1) is 6.92 Å². The summed E-state index contributed by atoms with van der Waals surface area (Å²) in [4.78, 5) is 11.2. The first kappa shape index (κ1) is 20.6. The van der Waals surface area contributed by atoms with Gasteiger partial charge in [-0.2, -0.15) is 0 Å². The zero-order valence-electron chi connectivity index (χ0n) is 16.5. The Hall–Kier alpha value is -2.18. The molecule has 1 aliphatic rings. The van der Waals surface area contributed by atoms with Crippen LogP contribution in [0.4, 0.5) is 0 Å². The minimum Gasteiger partial charge on any atom is -0.490 e. The number of aryl methyl sites for hydroxylation is 1. The molecule has 2 aromatic rings. The van der Waals surface area contributed by atoms with Gasteiger partial charge >= 0.3 is 5.97 Å². The third-order valence-electron chi connectivity index (χ3n) is 4.75. The minimum atomic E-state index is -0.819. The van der Waals surface area contributed by atoms with E-state index in [4.69, 9.17) is 9.47 Å². The van der Waals surface area contributed by atoms with Gasteiger partial charge in [0.25, 0.3) is 0 Å². The summed E-state index contributed by atoms with van der Waals surface area (Å²) in [6.45, 7) is 7.33. The number of hydrogen-bond donors (Lipinski definition) is 2. The van der Waals surface area contributed by atoms with Gasteiger partial charge in [0.15, 0.2) is 0 Å². The molecule has 28 heavy (non-hydrogen) atoms. The summed E-state index contributed by atoms with van der Waals surface area (Å²) in [7, 11) is 0. The highest BCUT2D eigenvalue weighted by atomic mass is 32.2. The average molecular weight is 402 g/mol. The van der Waals surface area contributed by atoms with Crippen LogP contribution in [0.25, 0.3) is 0 Å². The van der Waals surface area contributed by atoms with Crippen LogP contribution in [0.3, 0.4) is 0 Å². The fraction of sp³-hybridized carbons (Fsp3) is 0.409. The number of nitrogens with one attached hydrogen (secondary N) is 1. The van der Waals surface area contributed by atoms with Gasteiger partial charge in [0, 0.05) is 11.3 Å². The van der Waals surface area contributed by atoms with E-state index in [0.717, 1.165) is 17.1 Å². The van der Waals surface area contributed by atoms with Crippen LogP contribution in [0.5, 0.6) is 11.5 Å². The van der Waals surface area contributed by atoms with Crippen molar-refractivity contribution < 1.29 is 19.4 Å². The molecule has 150 valence electrons. The van der Waals surface area contributed by atoms with Crippen molar-refractivity contribution in [2.75, 3.05) is 19.0 Å². The number of carboxylic acid groups (broad SMARTS) is 1. The maximum Gasteiger partial charge on any atom is 0.321 e. The number of carbonyl (C=O) groups is 1. The summed E-state index contributed by atoms with van der Waals surface area (Å²) in [5.41, 5.74) is 3.53. The highest BCUT2D eigenvalue weighted by molar-refractivity contribution is 7.99. The minimum absolute atomic E-state index is 0.0792. The number of hydrogen-bond acceptors (Lipinski definition) is 5. The van der Waals surface area contributed by atoms with Crippen molar-refractivity contribution in [1.29, 1.82) is 0 Å². The molecule has 1 aliphatic heterocycles. The van der Waals surface area contributed by atoms with Crippen molar-refractivity contribution in [1.82, 2.24) is 5.32 Å². The van der Waals surface area contributed by atoms with Crippen molar-refractivity contribution in [3.63, 3.8) is 0 Å². The third-order valence-corrected chi connectivity index (χ3v) is 6.00. The molecule has 6 heteroatoms. The number of para-hydroxylation sites is 1. The van der Waals surface area contributed by atoms with E-state index >= 15 is 0 Å². The van der Waals surface area contributed by atoms with E-state index in [1.807, 2.05) is 30.3 Å². The van der Waals surface area contributed by atoms with E-state index in [0.29, 0.717) is 24.9 Å². The smallest absolute Gasteiger partial charge is 0.321 e. The normalized spacial score (nSPS) is 19.0. The molecule has 1 fully saturated rings. The van der Waals surface area contributed by atoms with Crippen LogP contribution >= 0.6 is 11.8 Å². The molecule has 1 heterocycles. The summed E-state index contributed by atoms with van der Waals surface area (Å²) in [6.07, 6.45) is 0. The van der Waals surface area contributed by atoms with E-state index in [-0.39, 0.29) is 5.37 Å². The highest BCUT2D eigenvalue weighted by Crippen LogP contribution is 2.37. The zero-order valence-corrected chi connectivity index (χ0v) is 17.3. The summed E-state index contributed by atoms with van der Waals surface area (Å²) < 4.78 is 11.8. The van der Waals surface area contributed by atoms with Gasteiger partial charge in [-0.1, -0.05) is 38.1 Å². The van der Waals surface area contributed by atoms with Crippen LogP contribution < -0.4 is 14.8 Å².